The van der Waals surface area contributed by atoms with Gasteiger partial charge in [-0.1, -0.05) is 52.9 Å². The first-order valence-corrected chi connectivity index (χ1v) is 6.08. The number of nitrogens with zero attached hydrogens (tertiary/aromatic N) is 2. The second-order valence-electron chi connectivity index (χ2n) is 5.87. The fourth-order valence-corrected chi connectivity index (χ4v) is 1.66. The molecule has 0 aliphatic heterocycles. The standard InChI is InChI=1S/C11H19N3OS/c1-10(2,3)7(15)12-9-14-13-8(16-9)11(4,5)6/h1-6H3,(H,12,14,15). The Morgan fingerprint density at radius 2 is 1.69 bits per heavy atom. The summed E-state index contributed by atoms with van der Waals surface area (Å²) < 4.78 is 0. The van der Waals surface area contributed by atoms with Crippen LogP contribution in [0.4, 0.5) is 5.13 Å². The molecule has 0 fully saturated rings. The van der Waals surface area contributed by atoms with Crippen molar-refractivity contribution >= 4 is 22.4 Å². The van der Waals surface area contributed by atoms with E-state index in [2.05, 4.69) is 36.3 Å². The van der Waals surface area contributed by atoms with Crippen LogP contribution in [-0.4, -0.2) is 16.1 Å². The number of nitrogens with one attached hydrogen (secondary N) is 1. The van der Waals surface area contributed by atoms with Crippen LogP contribution in [0.3, 0.4) is 0 Å². The topological polar surface area (TPSA) is 54.9 Å². The van der Waals surface area contributed by atoms with Crippen LogP contribution in [0.25, 0.3) is 0 Å². The molecule has 0 aliphatic rings. The highest BCUT2D eigenvalue weighted by Crippen LogP contribution is 2.28. The molecule has 1 N–H and O–H groups in total. The molecule has 0 unspecified atom stereocenters. The number of amides is 1. The minimum Gasteiger partial charge on any atom is -0.300 e. The number of anilines is 1. The maximum Gasteiger partial charge on any atom is 0.231 e. The molecular formula is C11H19N3OS. The van der Waals surface area contributed by atoms with Gasteiger partial charge in [0, 0.05) is 10.8 Å². The van der Waals surface area contributed by atoms with Gasteiger partial charge in [-0.3, -0.25) is 4.79 Å². The smallest absolute Gasteiger partial charge is 0.231 e. The van der Waals surface area contributed by atoms with Crippen LogP contribution in [-0.2, 0) is 10.2 Å². The van der Waals surface area contributed by atoms with Crippen molar-refractivity contribution in [3.8, 4) is 0 Å². The van der Waals surface area contributed by atoms with Gasteiger partial charge in [-0.05, 0) is 0 Å². The summed E-state index contributed by atoms with van der Waals surface area (Å²) in [6.07, 6.45) is 0. The minimum atomic E-state index is -0.409. The van der Waals surface area contributed by atoms with Crippen molar-refractivity contribution in [1.29, 1.82) is 0 Å². The van der Waals surface area contributed by atoms with E-state index >= 15 is 0 Å². The van der Waals surface area contributed by atoms with E-state index in [1.165, 1.54) is 11.3 Å². The lowest BCUT2D eigenvalue weighted by atomic mass is 9.96. The maximum atomic E-state index is 11.7. The molecule has 1 rings (SSSR count). The summed E-state index contributed by atoms with van der Waals surface area (Å²) in [4.78, 5) is 11.7. The molecule has 0 radical (unpaired) electrons. The average molecular weight is 241 g/mol. The Kier molecular flexibility index (Phi) is 3.38. The third-order valence-corrected chi connectivity index (χ3v) is 3.23. The van der Waals surface area contributed by atoms with Crippen LogP contribution in [0.1, 0.15) is 46.6 Å². The summed E-state index contributed by atoms with van der Waals surface area (Å²) in [5.41, 5.74) is -0.435. The molecule has 0 aliphatic carbocycles. The maximum absolute atomic E-state index is 11.7. The number of carbonyl (C=O) groups excluding carboxylic acids is 1. The fraction of sp³-hybridized carbons (Fsp3) is 0.727. The van der Waals surface area contributed by atoms with E-state index in [0.29, 0.717) is 5.13 Å². The van der Waals surface area contributed by atoms with Gasteiger partial charge in [0.2, 0.25) is 11.0 Å². The summed E-state index contributed by atoms with van der Waals surface area (Å²) in [7, 11) is 0. The fourth-order valence-electron chi connectivity index (χ4n) is 0.861. The SMILES string of the molecule is CC(C)(C)C(=O)Nc1nnc(C(C)(C)C)s1. The molecule has 1 heterocycles. The Hall–Kier alpha value is -0.970. The zero-order valence-corrected chi connectivity index (χ0v) is 11.5. The van der Waals surface area contributed by atoms with Gasteiger partial charge in [-0.2, -0.15) is 0 Å². The summed E-state index contributed by atoms with van der Waals surface area (Å²) in [6, 6.07) is 0. The third kappa shape index (κ3) is 3.27. The van der Waals surface area contributed by atoms with Crippen molar-refractivity contribution in [2.75, 3.05) is 5.32 Å². The third-order valence-electron chi connectivity index (χ3n) is 1.97. The molecule has 0 aromatic carbocycles. The average Bonchev–Trinajstić information content (AvgIpc) is 2.49. The van der Waals surface area contributed by atoms with Crippen LogP contribution in [0.15, 0.2) is 0 Å². The van der Waals surface area contributed by atoms with Gasteiger partial charge in [0.1, 0.15) is 5.01 Å². The van der Waals surface area contributed by atoms with Gasteiger partial charge in [0.25, 0.3) is 0 Å². The van der Waals surface area contributed by atoms with Crippen molar-refractivity contribution in [2.24, 2.45) is 5.41 Å². The molecule has 0 atom stereocenters. The Bertz CT molecular complexity index is 385. The lowest BCUT2D eigenvalue weighted by molar-refractivity contribution is -0.123. The van der Waals surface area contributed by atoms with Gasteiger partial charge in [-0.15, -0.1) is 10.2 Å². The monoisotopic (exact) mass is 241 g/mol. The van der Waals surface area contributed by atoms with Crippen molar-refractivity contribution in [3.63, 3.8) is 0 Å². The number of carbonyl (C=O) groups is 1. The molecular weight excluding hydrogens is 222 g/mol. The Labute approximate surface area is 100 Å². The van der Waals surface area contributed by atoms with Gasteiger partial charge < -0.3 is 5.32 Å². The Balaban J connectivity index is 2.78. The number of hydrogen-bond acceptors (Lipinski definition) is 4. The zero-order valence-electron chi connectivity index (χ0n) is 10.7. The largest absolute Gasteiger partial charge is 0.300 e. The Morgan fingerprint density at radius 1 is 1.12 bits per heavy atom. The normalized spacial score (nSPS) is 12.6. The van der Waals surface area contributed by atoms with Crippen LogP contribution >= 0.6 is 11.3 Å². The highest BCUT2D eigenvalue weighted by molar-refractivity contribution is 7.15. The second-order valence-corrected chi connectivity index (χ2v) is 6.84. The summed E-state index contributed by atoms with van der Waals surface area (Å²) >= 11 is 1.43. The molecule has 4 nitrogen and oxygen atoms in total. The van der Waals surface area contributed by atoms with Gasteiger partial charge in [-0.25, -0.2) is 0 Å². The van der Waals surface area contributed by atoms with E-state index in [1.807, 2.05) is 20.8 Å². The van der Waals surface area contributed by atoms with E-state index in [1.54, 1.807) is 0 Å². The van der Waals surface area contributed by atoms with Crippen molar-refractivity contribution in [1.82, 2.24) is 10.2 Å². The number of rotatable bonds is 1. The van der Waals surface area contributed by atoms with Crippen LogP contribution in [0.5, 0.6) is 0 Å². The first-order chi connectivity index (χ1) is 7.10. The first-order valence-electron chi connectivity index (χ1n) is 5.26. The lowest BCUT2D eigenvalue weighted by Crippen LogP contribution is -2.27. The van der Waals surface area contributed by atoms with E-state index in [4.69, 9.17) is 0 Å². The predicted molar refractivity (Wildman–Crippen MR) is 66.7 cm³/mol. The number of hydrogen-bond donors (Lipinski definition) is 1. The molecule has 1 aromatic heterocycles. The molecule has 16 heavy (non-hydrogen) atoms. The zero-order chi connectivity index (χ0) is 12.6. The molecule has 0 spiro atoms. The predicted octanol–water partition coefficient (Wildman–Crippen LogP) is 2.82. The van der Waals surface area contributed by atoms with E-state index in [9.17, 15) is 4.79 Å². The lowest BCUT2D eigenvalue weighted by Gasteiger charge is -2.16. The summed E-state index contributed by atoms with van der Waals surface area (Å²) in [5.74, 6) is -0.0379. The molecule has 5 heteroatoms. The van der Waals surface area contributed by atoms with Crippen LogP contribution in [0, 0.1) is 5.41 Å². The molecule has 0 saturated carbocycles. The van der Waals surface area contributed by atoms with Crippen LogP contribution in [0.2, 0.25) is 0 Å². The quantitative estimate of drug-likeness (QED) is 0.822. The molecule has 90 valence electrons. The van der Waals surface area contributed by atoms with Crippen molar-refractivity contribution in [2.45, 2.75) is 47.0 Å². The number of aromatic nitrogens is 2. The summed E-state index contributed by atoms with van der Waals surface area (Å²) in [6.45, 7) is 11.8. The molecule has 0 saturated heterocycles. The van der Waals surface area contributed by atoms with Crippen molar-refractivity contribution < 1.29 is 4.79 Å². The highest BCUT2D eigenvalue weighted by atomic mass is 32.1. The van der Waals surface area contributed by atoms with Gasteiger partial charge in [0.05, 0.1) is 0 Å². The van der Waals surface area contributed by atoms with E-state index < -0.39 is 5.41 Å². The van der Waals surface area contributed by atoms with E-state index in [-0.39, 0.29) is 11.3 Å². The molecule has 0 bridgehead atoms. The van der Waals surface area contributed by atoms with Crippen LogP contribution < -0.4 is 5.32 Å². The Morgan fingerprint density at radius 3 is 2.06 bits per heavy atom. The first kappa shape index (κ1) is 13.1. The van der Waals surface area contributed by atoms with Crippen molar-refractivity contribution in [3.05, 3.63) is 5.01 Å². The minimum absolute atomic E-state index is 0.0254. The summed E-state index contributed by atoms with van der Waals surface area (Å²) in [5, 5.41) is 12.3. The second kappa shape index (κ2) is 4.13. The van der Waals surface area contributed by atoms with Gasteiger partial charge in [0.15, 0.2) is 0 Å². The highest BCUT2D eigenvalue weighted by Gasteiger charge is 2.24. The van der Waals surface area contributed by atoms with E-state index in [0.717, 1.165) is 5.01 Å². The molecule has 1 amide bonds. The van der Waals surface area contributed by atoms with Gasteiger partial charge >= 0.3 is 0 Å². The molecule has 1 aromatic rings.